The minimum absolute atomic E-state index is 0.00929. The van der Waals surface area contributed by atoms with E-state index in [1.54, 1.807) is 6.92 Å². The van der Waals surface area contributed by atoms with Crippen molar-refractivity contribution in [1.29, 1.82) is 0 Å². The van der Waals surface area contributed by atoms with Crippen molar-refractivity contribution in [3.05, 3.63) is 11.2 Å². The van der Waals surface area contributed by atoms with E-state index in [-0.39, 0.29) is 28.9 Å². The van der Waals surface area contributed by atoms with E-state index in [2.05, 4.69) is 9.82 Å². The number of sulfonamides is 1. The van der Waals surface area contributed by atoms with Crippen LogP contribution in [0, 0.1) is 5.92 Å². The molecule has 0 bridgehead atoms. The van der Waals surface area contributed by atoms with E-state index in [1.165, 1.54) is 17.9 Å². The molecule has 0 aliphatic heterocycles. The number of hydrogen-bond donors (Lipinski definition) is 2. The Bertz CT molecular complexity index is 536. The molecule has 19 heavy (non-hydrogen) atoms. The van der Waals surface area contributed by atoms with Gasteiger partial charge in [-0.1, -0.05) is 18.5 Å². The van der Waals surface area contributed by atoms with Crippen molar-refractivity contribution in [2.24, 2.45) is 13.0 Å². The van der Waals surface area contributed by atoms with Gasteiger partial charge in [0, 0.05) is 20.0 Å². The number of carbonyl (C=O) groups is 1. The van der Waals surface area contributed by atoms with Crippen molar-refractivity contribution in [1.82, 2.24) is 14.5 Å². The summed E-state index contributed by atoms with van der Waals surface area (Å²) in [5.41, 5.74) is 0. The minimum atomic E-state index is -3.74. The van der Waals surface area contributed by atoms with Gasteiger partial charge in [0.2, 0.25) is 0 Å². The lowest BCUT2D eigenvalue weighted by Gasteiger charge is -2.12. The lowest BCUT2D eigenvalue weighted by Crippen LogP contribution is -2.30. The summed E-state index contributed by atoms with van der Waals surface area (Å²) >= 11 is 5.77. The predicted molar refractivity (Wildman–Crippen MR) is 69.4 cm³/mol. The van der Waals surface area contributed by atoms with Crippen molar-refractivity contribution in [2.75, 3.05) is 6.54 Å². The number of aryl methyl sites for hydroxylation is 1. The fourth-order valence-corrected chi connectivity index (χ4v) is 3.31. The maximum Gasteiger partial charge on any atom is 0.303 e. The summed E-state index contributed by atoms with van der Waals surface area (Å²) in [5.74, 6) is -0.984. The van der Waals surface area contributed by atoms with Crippen LogP contribution in [-0.4, -0.2) is 35.8 Å². The zero-order valence-corrected chi connectivity index (χ0v) is 12.2. The Kier molecular flexibility index (Phi) is 5.33. The van der Waals surface area contributed by atoms with E-state index in [0.29, 0.717) is 6.42 Å². The molecule has 1 aromatic heterocycles. The third-order valence-electron chi connectivity index (χ3n) is 2.57. The Balaban J connectivity index is 2.64. The molecular formula is C10H16ClN3O4S. The lowest BCUT2D eigenvalue weighted by molar-refractivity contribution is -0.137. The Morgan fingerprint density at radius 2 is 2.26 bits per heavy atom. The summed E-state index contributed by atoms with van der Waals surface area (Å²) < 4.78 is 27.6. The van der Waals surface area contributed by atoms with E-state index in [1.807, 2.05) is 0 Å². The van der Waals surface area contributed by atoms with Crippen molar-refractivity contribution < 1.29 is 18.3 Å². The highest BCUT2D eigenvalue weighted by Crippen LogP contribution is 2.19. The Morgan fingerprint density at radius 1 is 1.63 bits per heavy atom. The van der Waals surface area contributed by atoms with E-state index in [9.17, 15) is 13.2 Å². The topological polar surface area (TPSA) is 101 Å². The van der Waals surface area contributed by atoms with Crippen LogP contribution in [-0.2, 0) is 21.9 Å². The van der Waals surface area contributed by atoms with Gasteiger partial charge in [0.15, 0.2) is 5.03 Å². The molecule has 0 radical (unpaired) electrons. The second-order valence-corrected chi connectivity index (χ2v) is 6.40. The van der Waals surface area contributed by atoms with Crippen LogP contribution in [0.15, 0.2) is 11.2 Å². The number of aliphatic carboxylic acids is 1. The molecule has 0 spiro atoms. The van der Waals surface area contributed by atoms with Gasteiger partial charge in [-0.3, -0.25) is 9.48 Å². The monoisotopic (exact) mass is 309 g/mol. The second kappa shape index (κ2) is 6.36. The van der Waals surface area contributed by atoms with Crippen molar-refractivity contribution >= 4 is 27.6 Å². The van der Waals surface area contributed by atoms with Gasteiger partial charge in [-0.25, -0.2) is 13.1 Å². The molecule has 0 saturated carbocycles. The van der Waals surface area contributed by atoms with Gasteiger partial charge in [0.1, 0.15) is 0 Å². The van der Waals surface area contributed by atoms with Gasteiger partial charge in [-0.05, 0) is 12.3 Å². The Morgan fingerprint density at radius 3 is 2.74 bits per heavy atom. The Labute approximate surface area is 116 Å². The maximum atomic E-state index is 12.0. The van der Waals surface area contributed by atoms with Crippen LogP contribution in [0.1, 0.15) is 19.8 Å². The first kappa shape index (κ1) is 15.9. The van der Waals surface area contributed by atoms with E-state index in [4.69, 9.17) is 16.7 Å². The molecule has 0 aromatic carbocycles. The number of carboxylic acid groups (broad SMARTS) is 1. The summed E-state index contributed by atoms with van der Waals surface area (Å²) in [6.45, 7) is 1.92. The Hall–Kier alpha value is -1.12. The smallest absolute Gasteiger partial charge is 0.303 e. The maximum absolute atomic E-state index is 12.0. The standard InChI is InChI=1S/C10H16ClN3O4S/c1-7(3-4-9(15)16)5-13-19(17,18)10-8(11)6-12-14(10)2/h6-7,13H,3-5H2,1-2H3,(H,15,16). The van der Waals surface area contributed by atoms with E-state index in [0.717, 1.165) is 0 Å². The van der Waals surface area contributed by atoms with Gasteiger partial charge in [0.05, 0.1) is 11.2 Å². The largest absolute Gasteiger partial charge is 0.481 e. The van der Waals surface area contributed by atoms with Gasteiger partial charge in [0.25, 0.3) is 10.0 Å². The quantitative estimate of drug-likeness (QED) is 0.777. The van der Waals surface area contributed by atoms with E-state index >= 15 is 0 Å². The second-order valence-electron chi connectivity index (χ2n) is 4.31. The average Bonchev–Trinajstić information content (AvgIpc) is 2.64. The van der Waals surface area contributed by atoms with Gasteiger partial charge >= 0.3 is 5.97 Å². The van der Waals surface area contributed by atoms with Crippen molar-refractivity contribution in [3.63, 3.8) is 0 Å². The molecule has 7 nitrogen and oxygen atoms in total. The predicted octanol–water partition coefficient (Wildman–Crippen LogP) is 0.853. The number of carboxylic acids is 1. The summed E-state index contributed by atoms with van der Waals surface area (Å²) in [4.78, 5) is 10.4. The molecule has 1 aromatic rings. The molecular weight excluding hydrogens is 294 g/mol. The molecule has 1 atom stereocenters. The molecule has 9 heteroatoms. The fraction of sp³-hybridized carbons (Fsp3) is 0.600. The number of hydrogen-bond acceptors (Lipinski definition) is 4. The van der Waals surface area contributed by atoms with Crippen LogP contribution in [0.5, 0.6) is 0 Å². The fourth-order valence-electron chi connectivity index (χ4n) is 1.49. The molecule has 0 saturated heterocycles. The molecule has 1 heterocycles. The molecule has 0 aliphatic carbocycles. The number of nitrogens with zero attached hydrogens (tertiary/aromatic N) is 2. The van der Waals surface area contributed by atoms with Gasteiger partial charge in [-0.15, -0.1) is 0 Å². The van der Waals surface area contributed by atoms with Crippen LogP contribution < -0.4 is 4.72 Å². The van der Waals surface area contributed by atoms with Crippen LogP contribution in [0.4, 0.5) is 0 Å². The lowest BCUT2D eigenvalue weighted by atomic mass is 10.1. The summed E-state index contributed by atoms with van der Waals surface area (Å²) in [6.07, 6.45) is 1.66. The van der Waals surface area contributed by atoms with Crippen LogP contribution in [0.25, 0.3) is 0 Å². The van der Waals surface area contributed by atoms with Crippen LogP contribution in [0.3, 0.4) is 0 Å². The van der Waals surface area contributed by atoms with Crippen molar-refractivity contribution in [2.45, 2.75) is 24.8 Å². The molecule has 0 fully saturated rings. The highest BCUT2D eigenvalue weighted by Gasteiger charge is 2.23. The minimum Gasteiger partial charge on any atom is -0.481 e. The SMILES string of the molecule is CC(CCC(=O)O)CNS(=O)(=O)c1c(Cl)cnn1C. The highest BCUT2D eigenvalue weighted by molar-refractivity contribution is 7.89. The summed E-state index contributed by atoms with van der Waals surface area (Å²) in [5, 5.41) is 12.3. The van der Waals surface area contributed by atoms with Crippen LogP contribution in [0.2, 0.25) is 5.02 Å². The molecule has 2 N–H and O–H groups in total. The van der Waals surface area contributed by atoms with Crippen LogP contribution >= 0.6 is 11.6 Å². The van der Waals surface area contributed by atoms with Gasteiger partial charge in [-0.2, -0.15) is 5.10 Å². The number of rotatable bonds is 7. The summed E-state index contributed by atoms with van der Waals surface area (Å²) in [6, 6.07) is 0. The zero-order chi connectivity index (χ0) is 14.6. The molecule has 1 rings (SSSR count). The molecule has 108 valence electrons. The molecule has 0 aliphatic rings. The number of nitrogens with one attached hydrogen (secondary N) is 1. The first-order valence-electron chi connectivity index (χ1n) is 5.63. The molecule has 0 amide bonds. The first-order valence-corrected chi connectivity index (χ1v) is 7.49. The number of halogens is 1. The average molecular weight is 310 g/mol. The van der Waals surface area contributed by atoms with E-state index < -0.39 is 16.0 Å². The van der Waals surface area contributed by atoms with Crippen molar-refractivity contribution in [3.8, 4) is 0 Å². The normalized spacial score (nSPS) is 13.4. The highest BCUT2D eigenvalue weighted by atomic mass is 35.5. The molecule has 1 unspecified atom stereocenters. The summed E-state index contributed by atoms with van der Waals surface area (Å²) in [7, 11) is -2.26. The zero-order valence-electron chi connectivity index (χ0n) is 10.6. The van der Waals surface area contributed by atoms with Gasteiger partial charge < -0.3 is 5.11 Å². The first-order chi connectivity index (χ1) is 8.74. The third kappa shape index (κ3) is 4.48. The number of aromatic nitrogens is 2. The third-order valence-corrected chi connectivity index (χ3v) is 4.50.